The lowest BCUT2D eigenvalue weighted by molar-refractivity contribution is 0.496. The van der Waals surface area contributed by atoms with Crippen molar-refractivity contribution < 1.29 is 0 Å². The number of hydrogen-bond donors (Lipinski definition) is 2. The molecule has 0 bridgehead atoms. The Bertz CT molecular complexity index is 449. The van der Waals surface area contributed by atoms with Gasteiger partial charge < -0.3 is 4.57 Å². The van der Waals surface area contributed by atoms with Crippen LogP contribution in [-0.2, 0) is 13.0 Å². The predicted molar refractivity (Wildman–Crippen MR) is 68.1 cm³/mol. The maximum absolute atomic E-state index is 5.63. The number of imidazole rings is 1. The molecule has 0 radical (unpaired) electrons. The van der Waals surface area contributed by atoms with Gasteiger partial charge in [0.2, 0.25) is 0 Å². The van der Waals surface area contributed by atoms with E-state index in [1.165, 1.54) is 5.56 Å². The van der Waals surface area contributed by atoms with Crippen molar-refractivity contribution in [1.29, 1.82) is 0 Å². The van der Waals surface area contributed by atoms with E-state index in [1.54, 1.807) is 0 Å². The summed E-state index contributed by atoms with van der Waals surface area (Å²) >= 11 is 0. The van der Waals surface area contributed by atoms with Crippen LogP contribution in [0.25, 0.3) is 0 Å². The first-order valence-electron chi connectivity index (χ1n) is 5.86. The number of aromatic nitrogens is 2. The topological polar surface area (TPSA) is 55.9 Å². The van der Waals surface area contributed by atoms with Gasteiger partial charge in [0, 0.05) is 18.9 Å². The van der Waals surface area contributed by atoms with Gasteiger partial charge in [0.05, 0.1) is 6.04 Å². The van der Waals surface area contributed by atoms with Crippen LogP contribution in [0.15, 0.2) is 42.7 Å². The van der Waals surface area contributed by atoms with E-state index in [-0.39, 0.29) is 6.04 Å². The highest BCUT2D eigenvalue weighted by atomic mass is 15.3. The summed E-state index contributed by atoms with van der Waals surface area (Å²) < 4.78 is 2.10. The maximum atomic E-state index is 5.63. The van der Waals surface area contributed by atoms with Crippen molar-refractivity contribution in [3.05, 3.63) is 54.1 Å². The molecular formula is C13H18N4. The van der Waals surface area contributed by atoms with Gasteiger partial charge in [0.25, 0.3) is 0 Å². The Kier molecular flexibility index (Phi) is 3.90. The quantitative estimate of drug-likeness (QED) is 0.606. The normalized spacial score (nSPS) is 12.6. The van der Waals surface area contributed by atoms with Gasteiger partial charge in [0.1, 0.15) is 5.82 Å². The molecule has 0 saturated heterocycles. The fourth-order valence-corrected chi connectivity index (χ4v) is 1.97. The largest absolute Gasteiger partial charge is 0.334 e. The molecule has 0 amide bonds. The van der Waals surface area contributed by atoms with Crippen molar-refractivity contribution in [1.82, 2.24) is 15.0 Å². The molecule has 3 N–H and O–H groups in total. The van der Waals surface area contributed by atoms with Crippen molar-refractivity contribution in [2.24, 2.45) is 5.84 Å². The summed E-state index contributed by atoms with van der Waals surface area (Å²) in [6.45, 7) is 3.00. The average Bonchev–Trinajstić information content (AvgIpc) is 2.85. The van der Waals surface area contributed by atoms with Gasteiger partial charge >= 0.3 is 0 Å². The van der Waals surface area contributed by atoms with Crippen LogP contribution < -0.4 is 11.3 Å². The fourth-order valence-electron chi connectivity index (χ4n) is 1.97. The van der Waals surface area contributed by atoms with E-state index in [0.717, 1.165) is 18.8 Å². The molecule has 0 spiro atoms. The highest BCUT2D eigenvalue weighted by Crippen LogP contribution is 2.16. The average molecular weight is 230 g/mol. The van der Waals surface area contributed by atoms with Gasteiger partial charge in [-0.3, -0.25) is 5.84 Å². The molecule has 1 aromatic heterocycles. The Morgan fingerprint density at radius 2 is 2.12 bits per heavy atom. The molecule has 0 saturated carbocycles. The molecular weight excluding hydrogens is 212 g/mol. The standard InChI is InChI=1S/C13H18N4/c1-2-17-9-8-15-13(17)12(16-14)10-11-6-4-3-5-7-11/h3-9,12,16H,2,10,14H2,1H3. The number of hydrazine groups is 1. The second kappa shape index (κ2) is 5.61. The zero-order valence-corrected chi connectivity index (χ0v) is 10.0. The van der Waals surface area contributed by atoms with Crippen molar-refractivity contribution in [2.75, 3.05) is 0 Å². The molecule has 90 valence electrons. The first-order chi connectivity index (χ1) is 8.35. The van der Waals surface area contributed by atoms with Crippen LogP contribution >= 0.6 is 0 Å². The molecule has 2 rings (SSSR count). The predicted octanol–water partition coefficient (Wildman–Crippen LogP) is 1.65. The Morgan fingerprint density at radius 1 is 1.35 bits per heavy atom. The molecule has 17 heavy (non-hydrogen) atoms. The van der Waals surface area contributed by atoms with E-state index in [4.69, 9.17) is 5.84 Å². The summed E-state index contributed by atoms with van der Waals surface area (Å²) in [5, 5.41) is 0. The Balaban J connectivity index is 2.17. The van der Waals surface area contributed by atoms with Crippen LogP contribution in [-0.4, -0.2) is 9.55 Å². The number of nitrogens with two attached hydrogens (primary N) is 1. The van der Waals surface area contributed by atoms with Gasteiger partial charge in [-0.05, 0) is 18.9 Å². The third kappa shape index (κ3) is 2.72. The van der Waals surface area contributed by atoms with Gasteiger partial charge in [-0.15, -0.1) is 0 Å². The van der Waals surface area contributed by atoms with Crippen LogP contribution in [0.4, 0.5) is 0 Å². The second-order valence-electron chi connectivity index (χ2n) is 3.98. The first-order valence-corrected chi connectivity index (χ1v) is 5.86. The number of nitrogens with zero attached hydrogens (tertiary/aromatic N) is 2. The highest BCUT2D eigenvalue weighted by Gasteiger charge is 2.15. The van der Waals surface area contributed by atoms with Gasteiger partial charge in [0.15, 0.2) is 0 Å². The minimum atomic E-state index is 0.0485. The van der Waals surface area contributed by atoms with Gasteiger partial charge in [-0.1, -0.05) is 30.3 Å². The van der Waals surface area contributed by atoms with Crippen LogP contribution in [0.2, 0.25) is 0 Å². The summed E-state index contributed by atoms with van der Waals surface area (Å²) in [6.07, 6.45) is 4.63. The van der Waals surface area contributed by atoms with E-state index in [2.05, 4.69) is 34.0 Å². The lowest BCUT2D eigenvalue weighted by Gasteiger charge is -2.16. The van der Waals surface area contributed by atoms with E-state index >= 15 is 0 Å². The minimum absolute atomic E-state index is 0.0485. The highest BCUT2D eigenvalue weighted by molar-refractivity contribution is 5.17. The Morgan fingerprint density at radius 3 is 2.76 bits per heavy atom. The number of benzene rings is 1. The SMILES string of the molecule is CCn1ccnc1C(Cc1ccccc1)NN. The molecule has 4 heteroatoms. The smallest absolute Gasteiger partial charge is 0.127 e. The summed E-state index contributed by atoms with van der Waals surface area (Å²) in [6, 6.07) is 10.3. The van der Waals surface area contributed by atoms with Gasteiger partial charge in [-0.25, -0.2) is 10.4 Å². The summed E-state index contributed by atoms with van der Waals surface area (Å²) in [5.41, 5.74) is 4.10. The molecule has 0 aliphatic rings. The molecule has 4 nitrogen and oxygen atoms in total. The first kappa shape index (κ1) is 11.8. The second-order valence-corrected chi connectivity index (χ2v) is 3.98. The molecule has 1 unspecified atom stereocenters. The lowest BCUT2D eigenvalue weighted by Crippen LogP contribution is -2.31. The van der Waals surface area contributed by atoms with Crippen LogP contribution in [0, 0.1) is 0 Å². The maximum Gasteiger partial charge on any atom is 0.127 e. The molecule has 0 aliphatic carbocycles. The Labute approximate surface area is 101 Å². The number of nitrogens with one attached hydrogen (secondary N) is 1. The fraction of sp³-hybridized carbons (Fsp3) is 0.308. The number of hydrogen-bond acceptors (Lipinski definition) is 3. The third-order valence-corrected chi connectivity index (χ3v) is 2.88. The molecule has 1 atom stereocenters. The summed E-state index contributed by atoms with van der Waals surface area (Å²) in [7, 11) is 0. The van der Waals surface area contributed by atoms with E-state index in [1.807, 2.05) is 30.6 Å². The van der Waals surface area contributed by atoms with Crippen molar-refractivity contribution >= 4 is 0 Å². The van der Waals surface area contributed by atoms with Crippen LogP contribution in [0.5, 0.6) is 0 Å². The van der Waals surface area contributed by atoms with Crippen molar-refractivity contribution in [2.45, 2.75) is 25.9 Å². The zero-order chi connectivity index (χ0) is 12.1. The lowest BCUT2D eigenvalue weighted by atomic mass is 10.1. The number of aryl methyl sites for hydroxylation is 1. The van der Waals surface area contributed by atoms with Gasteiger partial charge in [-0.2, -0.15) is 0 Å². The van der Waals surface area contributed by atoms with Crippen molar-refractivity contribution in [3.63, 3.8) is 0 Å². The molecule has 1 aromatic carbocycles. The zero-order valence-electron chi connectivity index (χ0n) is 10.0. The van der Waals surface area contributed by atoms with Crippen LogP contribution in [0.1, 0.15) is 24.4 Å². The molecule has 0 aliphatic heterocycles. The molecule has 2 aromatic rings. The minimum Gasteiger partial charge on any atom is -0.334 e. The summed E-state index contributed by atoms with van der Waals surface area (Å²) in [5.74, 6) is 6.62. The van der Waals surface area contributed by atoms with E-state index in [0.29, 0.717) is 0 Å². The monoisotopic (exact) mass is 230 g/mol. The van der Waals surface area contributed by atoms with E-state index < -0.39 is 0 Å². The summed E-state index contributed by atoms with van der Waals surface area (Å²) in [4.78, 5) is 4.37. The number of rotatable bonds is 5. The van der Waals surface area contributed by atoms with E-state index in [9.17, 15) is 0 Å². The third-order valence-electron chi connectivity index (χ3n) is 2.88. The Hall–Kier alpha value is -1.65. The molecule has 0 fully saturated rings. The van der Waals surface area contributed by atoms with Crippen molar-refractivity contribution in [3.8, 4) is 0 Å². The van der Waals surface area contributed by atoms with Crippen LogP contribution in [0.3, 0.4) is 0 Å². The molecule has 1 heterocycles.